The Bertz CT molecular complexity index is 461. The van der Waals surface area contributed by atoms with Gasteiger partial charge in [0, 0.05) is 19.6 Å². The molecule has 1 saturated carbocycles. The van der Waals surface area contributed by atoms with E-state index in [0.717, 1.165) is 43.7 Å². The average Bonchev–Trinajstić information content (AvgIpc) is 3.06. The van der Waals surface area contributed by atoms with E-state index in [9.17, 15) is 4.79 Å². The summed E-state index contributed by atoms with van der Waals surface area (Å²) >= 11 is 0. The summed E-state index contributed by atoms with van der Waals surface area (Å²) in [6, 6.07) is 3.62. The van der Waals surface area contributed by atoms with E-state index in [1.807, 2.05) is 11.0 Å². The Labute approximate surface area is 119 Å². The fourth-order valence-electron chi connectivity index (χ4n) is 3.36. The lowest BCUT2D eigenvalue weighted by Gasteiger charge is -2.16. The highest BCUT2D eigenvalue weighted by atomic mass is 16.2. The van der Waals surface area contributed by atoms with E-state index in [2.05, 4.69) is 22.4 Å². The van der Waals surface area contributed by atoms with Gasteiger partial charge in [-0.1, -0.05) is 13.3 Å². The summed E-state index contributed by atoms with van der Waals surface area (Å²) in [4.78, 5) is 14.4. The number of carbonyl (C=O) groups is 1. The summed E-state index contributed by atoms with van der Waals surface area (Å²) < 4.78 is 0. The molecule has 1 saturated heterocycles. The van der Waals surface area contributed by atoms with Gasteiger partial charge in [0.15, 0.2) is 5.69 Å². The summed E-state index contributed by atoms with van der Waals surface area (Å²) in [5.74, 6) is 2.21. The molecule has 2 atom stereocenters. The summed E-state index contributed by atoms with van der Waals surface area (Å²) in [6.45, 7) is 4.78. The van der Waals surface area contributed by atoms with Gasteiger partial charge in [-0.05, 0) is 43.2 Å². The first-order valence-electron chi connectivity index (χ1n) is 7.65. The molecule has 0 radical (unpaired) electrons. The van der Waals surface area contributed by atoms with E-state index < -0.39 is 0 Å². The van der Waals surface area contributed by atoms with E-state index in [1.54, 1.807) is 6.07 Å². The van der Waals surface area contributed by atoms with Gasteiger partial charge in [-0.15, -0.1) is 10.2 Å². The topological polar surface area (TPSA) is 58.1 Å². The number of hydrogen-bond donors (Lipinski definition) is 1. The predicted molar refractivity (Wildman–Crippen MR) is 77.5 cm³/mol. The molecule has 1 aromatic heterocycles. The van der Waals surface area contributed by atoms with E-state index in [0.29, 0.717) is 5.69 Å². The maximum atomic E-state index is 12.4. The van der Waals surface area contributed by atoms with Crippen LogP contribution < -0.4 is 5.32 Å². The van der Waals surface area contributed by atoms with Crippen molar-refractivity contribution in [2.45, 2.75) is 32.6 Å². The molecule has 1 aliphatic carbocycles. The Hall–Kier alpha value is -1.65. The molecule has 5 heteroatoms. The Morgan fingerprint density at radius 3 is 2.65 bits per heavy atom. The third kappa shape index (κ3) is 2.62. The van der Waals surface area contributed by atoms with E-state index in [1.165, 1.54) is 19.3 Å². The fraction of sp³-hybridized carbons (Fsp3) is 0.667. The average molecular weight is 274 g/mol. The molecule has 2 unspecified atom stereocenters. The molecule has 2 aliphatic rings. The van der Waals surface area contributed by atoms with Crippen molar-refractivity contribution >= 4 is 11.7 Å². The molecule has 20 heavy (non-hydrogen) atoms. The van der Waals surface area contributed by atoms with Crippen molar-refractivity contribution in [3.05, 3.63) is 17.8 Å². The largest absolute Gasteiger partial charge is 0.369 e. The lowest BCUT2D eigenvalue weighted by atomic mass is 10.0. The minimum atomic E-state index is 0.0361. The number of fused-ring (bicyclic) bond motifs is 1. The first-order chi connectivity index (χ1) is 9.78. The zero-order chi connectivity index (χ0) is 13.9. The molecule has 3 rings (SSSR count). The molecule has 2 heterocycles. The summed E-state index contributed by atoms with van der Waals surface area (Å²) in [6.07, 6.45) is 4.92. The standard InChI is InChI=1S/C15H22N4O/c1-2-8-16-14-7-6-13(17-18-14)15(20)19-9-11-4-3-5-12(11)10-19/h6-7,11-12H,2-5,8-10H2,1H3,(H,16,18). The number of carbonyl (C=O) groups excluding carboxylic acids is 1. The molecule has 0 aromatic carbocycles. The van der Waals surface area contributed by atoms with Gasteiger partial charge >= 0.3 is 0 Å². The minimum Gasteiger partial charge on any atom is -0.369 e. The van der Waals surface area contributed by atoms with Crippen LogP contribution in [0.15, 0.2) is 12.1 Å². The number of rotatable bonds is 4. The van der Waals surface area contributed by atoms with Crippen LogP contribution in [0.4, 0.5) is 5.82 Å². The molecule has 1 amide bonds. The number of nitrogens with one attached hydrogen (secondary N) is 1. The van der Waals surface area contributed by atoms with Gasteiger partial charge in [0.25, 0.3) is 5.91 Å². The van der Waals surface area contributed by atoms with Crippen LogP contribution in [-0.4, -0.2) is 40.6 Å². The molecule has 0 spiro atoms. The molecule has 2 fully saturated rings. The molecule has 5 nitrogen and oxygen atoms in total. The highest BCUT2D eigenvalue weighted by Gasteiger charge is 2.38. The lowest BCUT2D eigenvalue weighted by molar-refractivity contribution is 0.0773. The van der Waals surface area contributed by atoms with Crippen molar-refractivity contribution in [1.82, 2.24) is 15.1 Å². The molecule has 0 bridgehead atoms. The van der Waals surface area contributed by atoms with Crippen molar-refractivity contribution < 1.29 is 4.79 Å². The van der Waals surface area contributed by atoms with Gasteiger partial charge in [-0.3, -0.25) is 4.79 Å². The maximum Gasteiger partial charge on any atom is 0.274 e. The van der Waals surface area contributed by atoms with Crippen LogP contribution in [0.2, 0.25) is 0 Å². The number of hydrogen-bond acceptors (Lipinski definition) is 4. The van der Waals surface area contributed by atoms with E-state index in [-0.39, 0.29) is 5.91 Å². The number of amides is 1. The summed E-state index contributed by atoms with van der Waals surface area (Å²) in [5.41, 5.74) is 0.465. The summed E-state index contributed by atoms with van der Waals surface area (Å²) in [5, 5.41) is 11.3. The fourth-order valence-corrected chi connectivity index (χ4v) is 3.36. The lowest BCUT2D eigenvalue weighted by Crippen LogP contribution is -2.30. The quantitative estimate of drug-likeness (QED) is 0.914. The van der Waals surface area contributed by atoms with Gasteiger partial charge < -0.3 is 10.2 Å². The SMILES string of the molecule is CCCNc1ccc(C(=O)N2CC3CCCC3C2)nn1. The smallest absolute Gasteiger partial charge is 0.274 e. The van der Waals surface area contributed by atoms with Crippen LogP contribution >= 0.6 is 0 Å². The first-order valence-corrected chi connectivity index (χ1v) is 7.65. The molecule has 1 aliphatic heterocycles. The molecule has 1 aromatic rings. The second kappa shape index (κ2) is 5.77. The van der Waals surface area contributed by atoms with Crippen LogP contribution in [-0.2, 0) is 0 Å². The predicted octanol–water partition coefficient (Wildman–Crippen LogP) is 2.17. The second-order valence-corrected chi connectivity index (χ2v) is 5.89. The minimum absolute atomic E-state index is 0.0361. The third-order valence-corrected chi connectivity index (χ3v) is 4.45. The third-order valence-electron chi connectivity index (χ3n) is 4.45. The van der Waals surface area contributed by atoms with Crippen molar-refractivity contribution in [2.75, 3.05) is 25.0 Å². The van der Waals surface area contributed by atoms with Crippen LogP contribution in [0.1, 0.15) is 43.1 Å². The van der Waals surface area contributed by atoms with Crippen molar-refractivity contribution in [3.8, 4) is 0 Å². The van der Waals surface area contributed by atoms with Crippen LogP contribution in [0.5, 0.6) is 0 Å². The van der Waals surface area contributed by atoms with Gasteiger partial charge in [0.2, 0.25) is 0 Å². The molecular weight excluding hydrogens is 252 g/mol. The number of likely N-dealkylation sites (tertiary alicyclic amines) is 1. The first kappa shape index (κ1) is 13.3. The van der Waals surface area contributed by atoms with Crippen LogP contribution in [0, 0.1) is 11.8 Å². The Morgan fingerprint density at radius 1 is 1.30 bits per heavy atom. The van der Waals surface area contributed by atoms with Crippen molar-refractivity contribution in [2.24, 2.45) is 11.8 Å². The van der Waals surface area contributed by atoms with Gasteiger partial charge in [-0.25, -0.2) is 0 Å². The van der Waals surface area contributed by atoms with Gasteiger partial charge in [-0.2, -0.15) is 0 Å². The Kier molecular flexibility index (Phi) is 3.85. The number of nitrogens with zero attached hydrogens (tertiary/aromatic N) is 3. The van der Waals surface area contributed by atoms with Crippen LogP contribution in [0.25, 0.3) is 0 Å². The van der Waals surface area contributed by atoms with Gasteiger partial charge in [0.05, 0.1) is 0 Å². The Balaban J connectivity index is 1.62. The second-order valence-electron chi connectivity index (χ2n) is 5.89. The Morgan fingerprint density at radius 2 is 2.05 bits per heavy atom. The highest BCUT2D eigenvalue weighted by Crippen LogP contribution is 2.37. The maximum absolute atomic E-state index is 12.4. The van der Waals surface area contributed by atoms with Crippen LogP contribution in [0.3, 0.4) is 0 Å². The number of aromatic nitrogens is 2. The zero-order valence-corrected chi connectivity index (χ0v) is 12.0. The van der Waals surface area contributed by atoms with E-state index in [4.69, 9.17) is 0 Å². The van der Waals surface area contributed by atoms with Gasteiger partial charge in [0.1, 0.15) is 5.82 Å². The zero-order valence-electron chi connectivity index (χ0n) is 12.0. The van der Waals surface area contributed by atoms with Crippen molar-refractivity contribution in [3.63, 3.8) is 0 Å². The monoisotopic (exact) mass is 274 g/mol. The molecule has 108 valence electrons. The molecule has 1 N–H and O–H groups in total. The summed E-state index contributed by atoms with van der Waals surface area (Å²) in [7, 11) is 0. The normalized spacial score (nSPS) is 24.8. The molecular formula is C15H22N4O. The van der Waals surface area contributed by atoms with Crippen molar-refractivity contribution in [1.29, 1.82) is 0 Å². The highest BCUT2D eigenvalue weighted by molar-refractivity contribution is 5.92. The van der Waals surface area contributed by atoms with E-state index >= 15 is 0 Å². The number of anilines is 1.